The van der Waals surface area contributed by atoms with Crippen LogP contribution in [0.4, 0.5) is 0 Å². The van der Waals surface area contributed by atoms with E-state index in [1.807, 2.05) is 79.8 Å². The summed E-state index contributed by atoms with van der Waals surface area (Å²) >= 11 is 0. The van der Waals surface area contributed by atoms with Crippen molar-refractivity contribution in [3.63, 3.8) is 0 Å². The fraction of sp³-hybridized carbons (Fsp3) is 0.0435. The van der Waals surface area contributed by atoms with Crippen LogP contribution in [-0.4, -0.2) is 11.6 Å². The topological polar surface area (TPSA) is 34.1 Å². The van der Waals surface area contributed by atoms with Gasteiger partial charge in [-0.25, -0.2) is 0 Å². The Balaban J connectivity index is 1.82. The Hall–Kier alpha value is -3.26. The number of ketones is 2. The highest BCUT2D eigenvalue weighted by molar-refractivity contribution is 6.16. The van der Waals surface area contributed by atoms with E-state index in [4.69, 9.17) is 0 Å². The van der Waals surface area contributed by atoms with Crippen molar-refractivity contribution in [2.45, 2.75) is 6.92 Å². The van der Waals surface area contributed by atoms with Gasteiger partial charge in [-0.15, -0.1) is 0 Å². The summed E-state index contributed by atoms with van der Waals surface area (Å²) < 4.78 is 0. The normalized spacial score (nSPS) is 19.0. The lowest BCUT2D eigenvalue weighted by Crippen LogP contribution is -2.09. The van der Waals surface area contributed by atoms with Crippen molar-refractivity contribution in [3.8, 4) is 0 Å². The molecule has 0 radical (unpaired) electrons. The van der Waals surface area contributed by atoms with Gasteiger partial charge in [0.2, 0.25) is 0 Å². The van der Waals surface area contributed by atoms with Crippen molar-refractivity contribution < 1.29 is 9.59 Å². The molecule has 2 aliphatic rings. The summed E-state index contributed by atoms with van der Waals surface area (Å²) in [6, 6.07) is 15.3. The quantitative estimate of drug-likeness (QED) is 0.735. The van der Waals surface area contributed by atoms with E-state index in [0.717, 1.165) is 39.0 Å². The van der Waals surface area contributed by atoms with Gasteiger partial charge in [-0.2, -0.15) is 0 Å². The van der Waals surface area contributed by atoms with E-state index in [1.54, 1.807) is 6.08 Å². The van der Waals surface area contributed by atoms with Gasteiger partial charge in [-0.1, -0.05) is 66.8 Å². The van der Waals surface area contributed by atoms with Crippen molar-refractivity contribution in [2.75, 3.05) is 0 Å². The summed E-state index contributed by atoms with van der Waals surface area (Å²) in [5.74, 6) is 0.110. The predicted molar refractivity (Wildman–Crippen MR) is 100 cm³/mol. The molecular weight excluding hydrogens is 308 g/mol. The molecule has 0 N–H and O–H groups in total. The highest BCUT2D eigenvalue weighted by Crippen LogP contribution is 2.31. The molecule has 120 valence electrons. The first kappa shape index (κ1) is 15.3. The van der Waals surface area contributed by atoms with Gasteiger partial charge in [0.25, 0.3) is 0 Å². The predicted octanol–water partition coefficient (Wildman–Crippen LogP) is 5.05. The molecule has 2 aliphatic carbocycles. The van der Waals surface area contributed by atoms with E-state index in [1.165, 1.54) is 0 Å². The third-order valence-corrected chi connectivity index (χ3v) is 4.57. The van der Waals surface area contributed by atoms with Crippen LogP contribution in [0.5, 0.6) is 0 Å². The smallest absolute Gasteiger partial charge is 0.189 e. The van der Waals surface area contributed by atoms with Crippen LogP contribution in [0, 0.1) is 0 Å². The van der Waals surface area contributed by atoms with Crippen LogP contribution < -0.4 is 0 Å². The van der Waals surface area contributed by atoms with Crippen LogP contribution in [0.25, 0.3) is 11.1 Å². The van der Waals surface area contributed by atoms with E-state index >= 15 is 0 Å². The molecule has 0 saturated carbocycles. The molecular formula is C23H16O2. The maximum absolute atomic E-state index is 12.3. The first-order valence-corrected chi connectivity index (χ1v) is 8.21. The van der Waals surface area contributed by atoms with Gasteiger partial charge >= 0.3 is 0 Å². The zero-order valence-electron chi connectivity index (χ0n) is 13.8. The summed E-state index contributed by atoms with van der Waals surface area (Å²) in [5, 5.41) is 0. The van der Waals surface area contributed by atoms with E-state index in [2.05, 4.69) is 0 Å². The Morgan fingerprint density at radius 1 is 0.680 bits per heavy atom. The number of benzene rings is 2. The number of hydrogen-bond donors (Lipinski definition) is 0. The van der Waals surface area contributed by atoms with Crippen LogP contribution in [0.2, 0.25) is 0 Å². The molecule has 2 aromatic rings. The zero-order chi connectivity index (χ0) is 17.4. The van der Waals surface area contributed by atoms with Crippen LogP contribution in [0.15, 0.2) is 84.5 Å². The summed E-state index contributed by atoms with van der Waals surface area (Å²) in [6.45, 7) is 1.84. The molecule has 25 heavy (non-hydrogen) atoms. The standard InChI is InChI=1S/C23H16O2/c1-15-14-17(19-7-3-5-9-21(19)23(15)25)11-10-16-12-13-22(24)20-8-4-2-6-18(16)20/h2-14H,1H3. The molecule has 0 spiro atoms. The van der Waals surface area contributed by atoms with Crippen molar-refractivity contribution in [1.29, 1.82) is 0 Å². The van der Waals surface area contributed by atoms with Crippen molar-refractivity contribution in [2.24, 2.45) is 0 Å². The largest absolute Gasteiger partial charge is 0.289 e. The zero-order valence-corrected chi connectivity index (χ0v) is 13.8. The van der Waals surface area contributed by atoms with Crippen molar-refractivity contribution >= 4 is 22.7 Å². The second-order valence-electron chi connectivity index (χ2n) is 6.19. The van der Waals surface area contributed by atoms with Gasteiger partial charge in [-0.3, -0.25) is 9.59 Å². The van der Waals surface area contributed by atoms with Gasteiger partial charge in [-0.05, 0) is 46.9 Å². The molecule has 0 atom stereocenters. The molecule has 0 amide bonds. The van der Waals surface area contributed by atoms with Crippen molar-refractivity contribution in [3.05, 3.63) is 107 Å². The summed E-state index contributed by atoms with van der Waals surface area (Å²) in [7, 11) is 0. The molecule has 2 nitrogen and oxygen atoms in total. The second kappa shape index (κ2) is 5.99. The highest BCUT2D eigenvalue weighted by Gasteiger charge is 2.20. The molecule has 0 aliphatic heterocycles. The lowest BCUT2D eigenvalue weighted by molar-refractivity contribution is 0.102. The molecule has 0 unspecified atom stereocenters. The number of Topliss-reactive ketones (excluding diaryl/α,β-unsaturated/α-hetero) is 1. The Bertz CT molecular complexity index is 1030. The first-order chi connectivity index (χ1) is 12.1. The fourth-order valence-corrected chi connectivity index (χ4v) is 3.28. The van der Waals surface area contributed by atoms with Gasteiger partial charge in [0.15, 0.2) is 11.6 Å². The molecule has 2 aromatic carbocycles. The number of allylic oxidation sites excluding steroid dienone is 8. The van der Waals surface area contributed by atoms with E-state index in [-0.39, 0.29) is 11.6 Å². The van der Waals surface area contributed by atoms with E-state index in [9.17, 15) is 9.59 Å². The third-order valence-electron chi connectivity index (χ3n) is 4.57. The SMILES string of the molecule is CC1=CC(=CC=C2C=CC(=O)c3ccccc32)c2ccccc2C1=O. The van der Waals surface area contributed by atoms with Gasteiger partial charge < -0.3 is 0 Å². The lowest BCUT2D eigenvalue weighted by atomic mass is 9.86. The van der Waals surface area contributed by atoms with E-state index in [0.29, 0.717) is 0 Å². The molecule has 0 saturated heterocycles. The number of fused-ring (bicyclic) bond motifs is 2. The molecule has 2 heteroatoms. The summed E-state index contributed by atoms with van der Waals surface area (Å²) in [6.07, 6.45) is 9.39. The number of carbonyl (C=O) groups excluding carboxylic acids is 2. The van der Waals surface area contributed by atoms with Crippen LogP contribution in [-0.2, 0) is 0 Å². The lowest BCUT2D eigenvalue weighted by Gasteiger charge is -2.16. The Labute approximate surface area is 146 Å². The third kappa shape index (κ3) is 2.62. The molecule has 0 fully saturated rings. The maximum atomic E-state index is 12.3. The maximum Gasteiger partial charge on any atom is 0.189 e. The monoisotopic (exact) mass is 324 g/mol. The van der Waals surface area contributed by atoms with Crippen LogP contribution >= 0.6 is 0 Å². The summed E-state index contributed by atoms with van der Waals surface area (Å²) in [5.41, 5.74) is 6.07. The number of rotatable bonds is 1. The minimum atomic E-state index is 0.0322. The molecule has 4 rings (SSSR count). The number of hydrogen-bond acceptors (Lipinski definition) is 2. The average Bonchev–Trinajstić information content (AvgIpc) is 2.65. The van der Waals surface area contributed by atoms with E-state index < -0.39 is 0 Å². The first-order valence-electron chi connectivity index (χ1n) is 8.21. The van der Waals surface area contributed by atoms with Gasteiger partial charge in [0.05, 0.1) is 0 Å². The average molecular weight is 324 g/mol. The number of carbonyl (C=O) groups is 2. The van der Waals surface area contributed by atoms with Crippen LogP contribution in [0.3, 0.4) is 0 Å². The summed E-state index contributed by atoms with van der Waals surface area (Å²) in [4.78, 5) is 24.3. The minimum absolute atomic E-state index is 0.0322. The highest BCUT2D eigenvalue weighted by atomic mass is 16.1. The fourth-order valence-electron chi connectivity index (χ4n) is 3.28. The van der Waals surface area contributed by atoms with Gasteiger partial charge in [0, 0.05) is 11.1 Å². The van der Waals surface area contributed by atoms with Gasteiger partial charge in [0.1, 0.15) is 0 Å². The molecule has 0 aromatic heterocycles. The van der Waals surface area contributed by atoms with Crippen molar-refractivity contribution in [1.82, 2.24) is 0 Å². The molecule has 0 heterocycles. The Morgan fingerprint density at radius 2 is 1.24 bits per heavy atom. The Kier molecular flexibility index (Phi) is 3.66. The second-order valence-corrected chi connectivity index (χ2v) is 6.19. The minimum Gasteiger partial charge on any atom is -0.289 e. The molecule has 0 bridgehead atoms. The van der Waals surface area contributed by atoms with Crippen LogP contribution in [0.1, 0.15) is 38.8 Å². The Morgan fingerprint density at radius 3 is 1.96 bits per heavy atom.